The summed E-state index contributed by atoms with van der Waals surface area (Å²) in [5, 5.41) is 0. The van der Waals surface area contributed by atoms with Crippen LogP contribution in [0.1, 0.15) is 49.7 Å². The Hall–Kier alpha value is -2.89. The molecule has 2 aromatic carbocycles. The van der Waals surface area contributed by atoms with Gasteiger partial charge in [-0.1, -0.05) is 42.8 Å². The molecule has 0 N–H and O–H groups in total. The average molecular weight is 467 g/mol. The van der Waals surface area contributed by atoms with Gasteiger partial charge in [0.05, 0.1) is 12.0 Å². The molecule has 2 aliphatic rings. The largest absolute Gasteiger partial charge is 0.491 e. The Morgan fingerprint density at radius 2 is 1.79 bits per heavy atom. The lowest BCUT2D eigenvalue weighted by atomic mass is 9.74. The van der Waals surface area contributed by atoms with Gasteiger partial charge < -0.3 is 14.5 Å². The van der Waals surface area contributed by atoms with Crippen LogP contribution in [0.3, 0.4) is 0 Å². The quantitative estimate of drug-likeness (QED) is 0.663. The SMILES string of the molecule is CN1CCOc2ccccc2CCCCC2(CCCN(C(=O)CCc3ccccc3F)C2)C1=O. The van der Waals surface area contributed by atoms with E-state index in [0.29, 0.717) is 38.2 Å². The molecular weight excluding hydrogens is 431 g/mol. The van der Waals surface area contributed by atoms with Crippen LogP contribution in [-0.4, -0.2) is 54.9 Å². The van der Waals surface area contributed by atoms with E-state index in [1.54, 1.807) is 23.1 Å². The maximum Gasteiger partial charge on any atom is 0.230 e. The second kappa shape index (κ2) is 11.0. The Bertz CT molecular complexity index is 1010. The van der Waals surface area contributed by atoms with Crippen molar-refractivity contribution in [2.45, 2.75) is 51.4 Å². The number of halogens is 1. The van der Waals surface area contributed by atoms with Gasteiger partial charge in [0.1, 0.15) is 18.2 Å². The summed E-state index contributed by atoms with van der Waals surface area (Å²) >= 11 is 0. The molecule has 1 spiro atoms. The van der Waals surface area contributed by atoms with Crippen molar-refractivity contribution >= 4 is 11.8 Å². The van der Waals surface area contributed by atoms with Gasteiger partial charge in [0.15, 0.2) is 0 Å². The zero-order chi connectivity index (χ0) is 24.0. The van der Waals surface area contributed by atoms with Crippen molar-refractivity contribution in [3.05, 3.63) is 65.5 Å². The molecule has 0 radical (unpaired) electrons. The van der Waals surface area contributed by atoms with Crippen LogP contribution in [-0.2, 0) is 22.4 Å². The van der Waals surface area contributed by atoms with Crippen molar-refractivity contribution in [2.75, 3.05) is 33.3 Å². The lowest BCUT2D eigenvalue weighted by molar-refractivity contribution is -0.149. The molecule has 2 amide bonds. The number of carbonyl (C=O) groups is 2. The van der Waals surface area contributed by atoms with Gasteiger partial charge in [-0.25, -0.2) is 4.39 Å². The minimum absolute atomic E-state index is 0.00107. The number of carbonyl (C=O) groups excluding carboxylic acids is 2. The van der Waals surface area contributed by atoms with Gasteiger partial charge >= 0.3 is 0 Å². The van der Waals surface area contributed by atoms with Crippen LogP contribution in [0, 0.1) is 11.2 Å². The number of fused-ring (bicyclic) bond motifs is 1. The summed E-state index contributed by atoms with van der Waals surface area (Å²) < 4.78 is 20.0. The number of piperidine rings is 1. The number of rotatable bonds is 3. The number of para-hydroxylation sites is 1. The highest BCUT2D eigenvalue weighted by Crippen LogP contribution is 2.38. The van der Waals surface area contributed by atoms with Crippen LogP contribution < -0.4 is 4.74 Å². The van der Waals surface area contributed by atoms with Gasteiger partial charge in [-0.05, 0) is 61.8 Å². The highest BCUT2D eigenvalue weighted by Gasteiger charge is 2.44. The first kappa shape index (κ1) is 24.2. The third-order valence-corrected chi connectivity index (χ3v) is 7.30. The van der Waals surface area contributed by atoms with Crippen LogP contribution in [0.4, 0.5) is 4.39 Å². The van der Waals surface area contributed by atoms with E-state index in [0.717, 1.165) is 44.3 Å². The summed E-state index contributed by atoms with van der Waals surface area (Å²) in [6.07, 6.45) is 5.82. The highest BCUT2D eigenvalue weighted by molar-refractivity contribution is 5.84. The number of amides is 2. The molecule has 2 aromatic rings. The van der Waals surface area contributed by atoms with E-state index in [1.165, 1.54) is 11.6 Å². The van der Waals surface area contributed by atoms with Crippen molar-refractivity contribution < 1.29 is 18.7 Å². The second-order valence-corrected chi connectivity index (χ2v) is 9.68. The minimum atomic E-state index is -0.556. The molecule has 1 atom stereocenters. The zero-order valence-electron chi connectivity index (χ0n) is 20.1. The number of likely N-dealkylation sites (tertiary alicyclic amines) is 1. The Morgan fingerprint density at radius 1 is 1.03 bits per heavy atom. The number of aryl methyl sites for hydroxylation is 2. The second-order valence-electron chi connectivity index (χ2n) is 9.68. The van der Waals surface area contributed by atoms with Crippen molar-refractivity contribution in [3.8, 4) is 5.75 Å². The summed E-state index contributed by atoms with van der Waals surface area (Å²) in [5.74, 6) is 0.742. The van der Waals surface area contributed by atoms with Crippen LogP contribution in [0.2, 0.25) is 0 Å². The molecular formula is C28H35FN2O3. The van der Waals surface area contributed by atoms with Gasteiger partial charge in [0.25, 0.3) is 0 Å². The highest BCUT2D eigenvalue weighted by atomic mass is 19.1. The molecule has 1 saturated heterocycles. The van der Waals surface area contributed by atoms with E-state index >= 15 is 0 Å². The van der Waals surface area contributed by atoms with Gasteiger partial charge in [-0.3, -0.25) is 9.59 Å². The van der Waals surface area contributed by atoms with Gasteiger partial charge in [0.2, 0.25) is 11.8 Å². The molecule has 1 fully saturated rings. The van der Waals surface area contributed by atoms with E-state index in [-0.39, 0.29) is 24.1 Å². The van der Waals surface area contributed by atoms with Crippen molar-refractivity contribution in [1.29, 1.82) is 0 Å². The number of hydrogen-bond donors (Lipinski definition) is 0. The maximum atomic E-state index is 14.0. The first-order valence-electron chi connectivity index (χ1n) is 12.5. The molecule has 4 rings (SSSR count). The maximum absolute atomic E-state index is 14.0. The smallest absolute Gasteiger partial charge is 0.230 e. The van der Waals surface area contributed by atoms with Crippen LogP contribution in [0.25, 0.3) is 0 Å². The molecule has 182 valence electrons. The predicted octanol–water partition coefficient (Wildman–Crippen LogP) is 4.63. The van der Waals surface area contributed by atoms with Crippen LogP contribution in [0.5, 0.6) is 5.75 Å². The Balaban J connectivity index is 1.45. The van der Waals surface area contributed by atoms with Crippen LogP contribution >= 0.6 is 0 Å². The summed E-state index contributed by atoms with van der Waals surface area (Å²) in [6, 6.07) is 14.7. The first-order valence-corrected chi connectivity index (χ1v) is 12.5. The number of benzene rings is 2. The lowest BCUT2D eigenvalue weighted by Crippen LogP contribution is -2.54. The third-order valence-electron chi connectivity index (χ3n) is 7.30. The fourth-order valence-electron chi connectivity index (χ4n) is 5.36. The lowest BCUT2D eigenvalue weighted by Gasteiger charge is -2.44. The van der Waals surface area contributed by atoms with Crippen molar-refractivity contribution in [1.82, 2.24) is 9.80 Å². The summed E-state index contributed by atoms with van der Waals surface area (Å²) in [7, 11) is 1.84. The predicted molar refractivity (Wildman–Crippen MR) is 130 cm³/mol. The Morgan fingerprint density at radius 3 is 2.65 bits per heavy atom. The molecule has 6 heteroatoms. The monoisotopic (exact) mass is 466 g/mol. The fourth-order valence-corrected chi connectivity index (χ4v) is 5.36. The molecule has 0 saturated carbocycles. The van der Waals surface area contributed by atoms with E-state index in [1.807, 2.05) is 30.1 Å². The molecule has 2 heterocycles. The van der Waals surface area contributed by atoms with E-state index in [2.05, 4.69) is 6.07 Å². The molecule has 0 aliphatic carbocycles. The molecule has 5 nitrogen and oxygen atoms in total. The minimum Gasteiger partial charge on any atom is -0.491 e. The van der Waals surface area contributed by atoms with E-state index < -0.39 is 5.41 Å². The van der Waals surface area contributed by atoms with Gasteiger partial charge in [-0.15, -0.1) is 0 Å². The summed E-state index contributed by atoms with van der Waals surface area (Å²) in [4.78, 5) is 30.3. The topological polar surface area (TPSA) is 49.9 Å². The number of nitrogens with zero attached hydrogens (tertiary/aromatic N) is 2. The van der Waals surface area contributed by atoms with Gasteiger partial charge in [-0.2, -0.15) is 0 Å². The number of likely N-dealkylation sites (N-methyl/N-ethyl adjacent to an activating group) is 1. The van der Waals surface area contributed by atoms with E-state index in [4.69, 9.17) is 4.74 Å². The zero-order valence-corrected chi connectivity index (χ0v) is 20.1. The van der Waals surface area contributed by atoms with Crippen LogP contribution in [0.15, 0.2) is 48.5 Å². The fraction of sp³-hybridized carbons (Fsp3) is 0.500. The molecule has 34 heavy (non-hydrogen) atoms. The third kappa shape index (κ3) is 5.60. The average Bonchev–Trinajstić information content (AvgIpc) is 2.85. The summed E-state index contributed by atoms with van der Waals surface area (Å²) in [6.45, 7) is 2.06. The molecule has 0 aromatic heterocycles. The Kier molecular flexibility index (Phi) is 7.86. The molecule has 2 aliphatic heterocycles. The summed E-state index contributed by atoms with van der Waals surface area (Å²) in [5.41, 5.74) is 1.21. The van der Waals surface area contributed by atoms with Gasteiger partial charge in [0, 0.05) is 26.6 Å². The molecule has 0 bridgehead atoms. The number of hydrogen-bond acceptors (Lipinski definition) is 3. The van der Waals surface area contributed by atoms with Crippen molar-refractivity contribution in [3.63, 3.8) is 0 Å². The van der Waals surface area contributed by atoms with E-state index in [9.17, 15) is 14.0 Å². The first-order chi connectivity index (χ1) is 16.5. The molecule has 1 unspecified atom stereocenters. The normalized spacial score (nSPS) is 21.9. The standard InChI is InChI=1S/C28H35FN2O3/c1-30-19-20-34-25-13-5-3-10-23(25)11-6-7-16-28(27(30)33)17-8-18-31(21-28)26(32)15-14-22-9-2-4-12-24(22)29/h2-5,9-10,12-13H,6-8,11,14-21H2,1H3. The van der Waals surface area contributed by atoms with Crippen molar-refractivity contribution in [2.24, 2.45) is 5.41 Å². The number of ether oxygens (including phenoxy) is 1. The Labute approximate surface area is 201 Å².